The SMILES string of the molecule is CC(CC1CC1)NC(=O)NCc1cccc(C(=O)O)c1. The van der Waals surface area contributed by atoms with Crippen LogP contribution >= 0.6 is 0 Å². The molecule has 20 heavy (non-hydrogen) atoms. The predicted molar refractivity (Wildman–Crippen MR) is 75.6 cm³/mol. The van der Waals surface area contributed by atoms with Gasteiger partial charge < -0.3 is 15.7 Å². The first-order valence-corrected chi connectivity index (χ1v) is 6.91. The first-order chi connectivity index (χ1) is 9.54. The van der Waals surface area contributed by atoms with E-state index < -0.39 is 5.97 Å². The maximum atomic E-state index is 11.7. The van der Waals surface area contributed by atoms with Gasteiger partial charge in [-0.25, -0.2) is 9.59 Å². The number of carboxylic acids is 1. The first-order valence-electron chi connectivity index (χ1n) is 6.91. The van der Waals surface area contributed by atoms with Gasteiger partial charge in [0, 0.05) is 12.6 Å². The van der Waals surface area contributed by atoms with E-state index in [4.69, 9.17) is 5.11 Å². The van der Waals surface area contributed by atoms with Crippen molar-refractivity contribution in [3.05, 3.63) is 35.4 Å². The van der Waals surface area contributed by atoms with Crippen molar-refractivity contribution in [2.45, 2.75) is 38.8 Å². The average molecular weight is 276 g/mol. The Hall–Kier alpha value is -2.04. The van der Waals surface area contributed by atoms with Crippen LogP contribution in [0.5, 0.6) is 0 Å². The third-order valence-electron chi connectivity index (χ3n) is 3.39. The highest BCUT2D eigenvalue weighted by Gasteiger charge is 2.24. The van der Waals surface area contributed by atoms with Crippen molar-refractivity contribution in [2.24, 2.45) is 5.92 Å². The molecule has 1 unspecified atom stereocenters. The molecule has 0 aliphatic heterocycles. The molecule has 1 aliphatic carbocycles. The van der Waals surface area contributed by atoms with E-state index in [1.165, 1.54) is 18.9 Å². The van der Waals surface area contributed by atoms with E-state index >= 15 is 0 Å². The monoisotopic (exact) mass is 276 g/mol. The number of carboxylic acid groups (broad SMARTS) is 1. The van der Waals surface area contributed by atoms with Crippen molar-refractivity contribution in [1.82, 2.24) is 10.6 Å². The summed E-state index contributed by atoms with van der Waals surface area (Å²) in [4.78, 5) is 22.6. The zero-order chi connectivity index (χ0) is 14.5. The Morgan fingerprint density at radius 3 is 2.80 bits per heavy atom. The molecule has 1 aromatic rings. The highest BCUT2D eigenvalue weighted by molar-refractivity contribution is 5.87. The third-order valence-corrected chi connectivity index (χ3v) is 3.39. The Labute approximate surface area is 118 Å². The minimum atomic E-state index is -0.964. The van der Waals surface area contributed by atoms with Gasteiger partial charge in [0.05, 0.1) is 5.56 Å². The van der Waals surface area contributed by atoms with Crippen LogP contribution in [0.25, 0.3) is 0 Å². The highest BCUT2D eigenvalue weighted by Crippen LogP contribution is 2.33. The van der Waals surface area contributed by atoms with Crippen LogP contribution in [-0.4, -0.2) is 23.1 Å². The van der Waals surface area contributed by atoms with Crippen molar-refractivity contribution >= 4 is 12.0 Å². The van der Waals surface area contributed by atoms with Crippen LogP contribution in [0.15, 0.2) is 24.3 Å². The van der Waals surface area contributed by atoms with Gasteiger partial charge in [0.25, 0.3) is 0 Å². The van der Waals surface area contributed by atoms with Crippen molar-refractivity contribution in [2.75, 3.05) is 0 Å². The summed E-state index contributed by atoms with van der Waals surface area (Å²) in [5.74, 6) is -0.188. The van der Waals surface area contributed by atoms with Gasteiger partial charge in [-0.05, 0) is 37.0 Å². The van der Waals surface area contributed by atoms with E-state index in [1.807, 2.05) is 6.92 Å². The Balaban J connectivity index is 1.77. The number of urea groups is 1. The van der Waals surface area contributed by atoms with E-state index in [2.05, 4.69) is 10.6 Å². The molecular formula is C15H20N2O3. The number of nitrogens with one attached hydrogen (secondary N) is 2. The van der Waals surface area contributed by atoms with Gasteiger partial charge in [0.2, 0.25) is 0 Å². The Morgan fingerprint density at radius 1 is 1.40 bits per heavy atom. The summed E-state index contributed by atoms with van der Waals surface area (Å²) in [6, 6.07) is 6.53. The zero-order valence-electron chi connectivity index (χ0n) is 11.6. The fourth-order valence-corrected chi connectivity index (χ4v) is 2.18. The third kappa shape index (κ3) is 4.57. The lowest BCUT2D eigenvalue weighted by Crippen LogP contribution is -2.40. The van der Waals surface area contributed by atoms with Crippen LogP contribution < -0.4 is 10.6 Å². The minimum absolute atomic E-state index is 0.174. The number of benzene rings is 1. The van der Waals surface area contributed by atoms with E-state index in [-0.39, 0.29) is 17.6 Å². The van der Waals surface area contributed by atoms with Gasteiger partial charge in [0.1, 0.15) is 0 Å². The number of carbonyl (C=O) groups is 2. The normalized spacial score (nSPS) is 15.4. The molecule has 0 saturated heterocycles. The van der Waals surface area contributed by atoms with Crippen molar-refractivity contribution < 1.29 is 14.7 Å². The highest BCUT2D eigenvalue weighted by atomic mass is 16.4. The predicted octanol–water partition coefficient (Wildman–Crippen LogP) is 2.37. The van der Waals surface area contributed by atoms with Gasteiger partial charge in [0.15, 0.2) is 0 Å². The Kier molecular flexibility index (Phi) is 4.61. The second-order valence-corrected chi connectivity index (χ2v) is 5.41. The standard InChI is InChI=1S/C15H20N2O3/c1-10(7-11-5-6-11)17-15(20)16-9-12-3-2-4-13(8-12)14(18)19/h2-4,8,10-11H,5-7,9H2,1H3,(H,18,19)(H2,16,17,20). The van der Waals surface area contributed by atoms with Gasteiger partial charge in [-0.3, -0.25) is 0 Å². The van der Waals surface area contributed by atoms with Crippen molar-refractivity contribution in [1.29, 1.82) is 0 Å². The summed E-state index contributed by atoms with van der Waals surface area (Å²) >= 11 is 0. The molecule has 2 rings (SSSR count). The largest absolute Gasteiger partial charge is 0.478 e. The molecule has 0 heterocycles. The van der Waals surface area contributed by atoms with Crippen LogP contribution in [0, 0.1) is 5.92 Å². The molecule has 1 aliphatic rings. The summed E-state index contributed by atoms with van der Waals surface area (Å²) in [5, 5.41) is 14.5. The molecule has 0 bridgehead atoms. The molecule has 0 spiro atoms. The quantitative estimate of drug-likeness (QED) is 0.746. The summed E-state index contributed by atoms with van der Waals surface area (Å²) in [6.45, 7) is 2.33. The average Bonchev–Trinajstić information content (AvgIpc) is 3.20. The van der Waals surface area contributed by atoms with Crippen molar-refractivity contribution in [3.8, 4) is 0 Å². The van der Waals surface area contributed by atoms with Gasteiger partial charge in [-0.15, -0.1) is 0 Å². The van der Waals surface area contributed by atoms with Crippen LogP contribution in [0.4, 0.5) is 4.79 Å². The summed E-state index contributed by atoms with van der Waals surface area (Å²) in [7, 11) is 0. The lowest BCUT2D eigenvalue weighted by molar-refractivity contribution is 0.0696. The fourth-order valence-electron chi connectivity index (χ4n) is 2.18. The molecule has 1 atom stereocenters. The van der Waals surface area contributed by atoms with Crippen LogP contribution in [0.2, 0.25) is 0 Å². The lowest BCUT2D eigenvalue weighted by Gasteiger charge is -2.14. The Bertz CT molecular complexity index is 498. The minimum Gasteiger partial charge on any atom is -0.478 e. The topological polar surface area (TPSA) is 78.4 Å². The second-order valence-electron chi connectivity index (χ2n) is 5.41. The summed E-state index contributed by atoms with van der Waals surface area (Å²) in [5.41, 5.74) is 1.00. The van der Waals surface area contributed by atoms with Gasteiger partial charge in [-0.2, -0.15) is 0 Å². The van der Waals surface area contributed by atoms with Gasteiger partial charge in [-0.1, -0.05) is 25.0 Å². The van der Waals surface area contributed by atoms with Crippen LogP contribution in [-0.2, 0) is 6.54 Å². The molecule has 5 nitrogen and oxygen atoms in total. The van der Waals surface area contributed by atoms with E-state index in [9.17, 15) is 9.59 Å². The molecule has 5 heteroatoms. The lowest BCUT2D eigenvalue weighted by atomic mass is 10.1. The van der Waals surface area contributed by atoms with Gasteiger partial charge >= 0.3 is 12.0 Å². The first kappa shape index (κ1) is 14.4. The van der Waals surface area contributed by atoms with E-state index in [0.717, 1.165) is 17.9 Å². The zero-order valence-corrected chi connectivity index (χ0v) is 11.6. The summed E-state index contributed by atoms with van der Waals surface area (Å²) < 4.78 is 0. The molecule has 2 amide bonds. The molecule has 0 radical (unpaired) electrons. The Morgan fingerprint density at radius 2 is 2.15 bits per heavy atom. The number of hydrogen-bond donors (Lipinski definition) is 3. The molecule has 1 saturated carbocycles. The smallest absolute Gasteiger partial charge is 0.335 e. The number of carbonyl (C=O) groups excluding carboxylic acids is 1. The van der Waals surface area contributed by atoms with Crippen molar-refractivity contribution in [3.63, 3.8) is 0 Å². The van der Waals surface area contributed by atoms with E-state index in [0.29, 0.717) is 6.54 Å². The number of hydrogen-bond acceptors (Lipinski definition) is 2. The number of amides is 2. The molecule has 0 aromatic heterocycles. The molecule has 3 N–H and O–H groups in total. The molecule has 108 valence electrons. The fraction of sp³-hybridized carbons (Fsp3) is 0.467. The molecule has 1 fully saturated rings. The number of aromatic carboxylic acids is 1. The maximum Gasteiger partial charge on any atom is 0.335 e. The van der Waals surface area contributed by atoms with E-state index in [1.54, 1.807) is 18.2 Å². The molecule has 1 aromatic carbocycles. The summed E-state index contributed by atoms with van der Waals surface area (Å²) in [6.07, 6.45) is 3.58. The van der Waals surface area contributed by atoms with Crippen LogP contribution in [0.1, 0.15) is 42.1 Å². The van der Waals surface area contributed by atoms with Crippen LogP contribution in [0.3, 0.4) is 0 Å². The maximum absolute atomic E-state index is 11.7. The second kappa shape index (κ2) is 6.41. The molecular weight excluding hydrogens is 256 g/mol. The number of rotatable bonds is 6.